The predicted molar refractivity (Wildman–Crippen MR) is 76.7 cm³/mol. The number of hydrogen-bond acceptors (Lipinski definition) is 4. The Morgan fingerprint density at radius 1 is 1.25 bits per heavy atom. The van der Waals surface area contributed by atoms with Crippen molar-refractivity contribution in [1.82, 2.24) is 24.7 Å². The van der Waals surface area contributed by atoms with E-state index in [0.29, 0.717) is 11.5 Å². The van der Waals surface area contributed by atoms with Gasteiger partial charge in [-0.05, 0) is 25.5 Å². The van der Waals surface area contributed by atoms with Crippen molar-refractivity contribution in [2.24, 2.45) is 0 Å². The highest BCUT2D eigenvalue weighted by Gasteiger charge is 2.13. The first-order valence-corrected chi connectivity index (χ1v) is 6.73. The number of pyridine rings is 1. The maximum atomic E-state index is 5.12. The summed E-state index contributed by atoms with van der Waals surface area (Å²) in [6.07, 6.45) is 0.909. The minimum absolute atomic E-state index is 0.564. The molecule has 0 aliphatic heterocycles. The Labute approximate surface area is 116 Å². The molecule has 3 rings (SSSR count). The summed E-state index contributed by atoms with van der Waals surface area (Å²) in [5.74, 6) is 1.35. The number of aromatic amines is 1. The van der Waals surface area contributed by atoms with E-state index in [1.54, 1.807) is 7.11 Å². The van der Waals surface area contributed by atoms with Crippen LogP contribution in [0.2, 0.25) is 0 Å². The number of H-pyrrole nitrogens is 1. The quantitative estimate of drug-likeness (QED) is 0.791. The standard InChI is InChI=1S/C14H17N5O/c1-4-9-8-11(19(5-2)18-9)14-15-10-6-7-12(20-3)16-13(10)17-14/h6-8H,4-5H2,1-3H3,(H,15,16,17). The molecule has 0 saturated carbocycles. The van der Waals surface area contributed by atoms with E-state index >= 15 is 0 Å². The molecule has 0 amide bonds. The molecular weight excluding hydrogens is 254 g/mol. The van der Waals surface area contributed by atoms with Crippen LogP contribution in [0.5, 0.6) is 5.88 Å². The van der Waals surface area contributed by atoms with Crippen molar-refractivity contribution in [3.05, 3.63) is 23.9 Å². The van der Waals surface area contributed by atoms with Gasteiger partial charge in [0.05, 0.1) is 18.3 Å². The van der Waals surface area contributed by atoms with Crippen LogP contribution in [0.1, 0.15) is 19.5 Å². The molecule has 0 aliphatic rings. The van der Waals surface area contributed by atoms with E-state index in [1.807, 2.05) is 16.8 Å². The molecule has 3 aromatic rings. The predicted octanol–water partition coefficient (Wildman–Crippen LogP) is 2.41. The monoisotopic (exact) mass is 271 g/mol. The Hall–Kier alpha value is -2.37. The van der Waals surface area contributed by atoms with E-state index < -0.39 is 0 Å². The molecule has 0 saturated heterocycles. The van der Waals surface area contributed by atoms with Gasteiger partial charge in [0.1, 0.15) is 5.69 Å². The van der Waals surface area contributed by atoms with Crippen LogP contribution in [0.15, 0.2) is 18.2 Å². The number of nitrogens with zero attached hydrogens (tertiary/aromatic N) is 4. The van der Waals surface area contributed by atoms with Gasteiger partial charge in [0.2, 0.25) is 5.88 Å². The second-order valence-electron chi connectivity index (χ2n) is 4.50. The first-order chi connectivity index (χ1) is 9.75. The highest BCUT2D eigenvalue weighted by molar-refractivity contribution is 5.75. The number of fused-ring (bicyclic) bond motifs is 1. The van der Waals surface area contributed by atoms with Crippen molar-refractivity contribution in [1.29, 1.82) is 0 Å². The maximum Gasteiger partial charge on any atom is 0.215 e. The lowest BCUT2D eigenvalue weighted by Crippen LogP contribution is -2.00. The normalized spacial score (nSPS) is 11.2. The van der Waals surface area contributed by atoms with Crippen LogP contribution < -0.4 is 4.74 Å². The third kappa shape index (κ3) is 2.03. The lowest BCUT2D eigenvalue weighted by Gasteiger charge is -1.99. The van der Waals surface area contributed by atoms with Crippen molar-refractivity contribution in [3.8, 4) is 17.4 Å². The van der Waals surface area contributed by atoms with Crippen LogP contribution >= 0.6 is 0 Å². The van der Waals surface area contributed by atoms with E-state index in [0.717, 1.165) is 35.7 Å². The Bertz CT molecular complexity index is 743. The minimum Gasteiger partial charge on any atom is -0.481 e. The van der Waals surface area contributed by atoms with E-state index in [2.05, 4.69) is 40.0 Å². The van der Waals surface area contributed by atoms with E-state index in [-0.39, 0.29) is 0 Å². The van der Waals surface area contributed by atoms with E-state index in [9.17, 15) is 0 Å². The van der Waals surface area contributed by atoms with Crippen molar-refractivity contribution < 1.29 is 4.74 Å². The fourth-order valence-corrected chi connectivity index (χ4v) is 2.18. The van der Waals surface area contributed by atoms with Crippen molar-refractivity contribution in [3.63, 3.8) is 0 Å². The summed E-state index contributed by atoms with van der Waals surface area (Å²) in [5, 5.41) is 4.54. The van der Waals surface area contributed by atoms with Gasteiger partial charge < -0.3 is 9.72 Å². The molecule has 0 spiro atoms. The topological polar surface area (TPSA) is 68.6 Å². The van der Waals surface area contributed by atoms with Gasteiger partial charge in [0, 0.05) is 12.6 Å². The van der Waals surface area contributed by atoms with Crippen LogP contribution in [-0.2, 0) is 13.0 Å². The summed E-state index contributed by atoms with van der Waals surface area (Å²) in [6.45, 7) is 4.97. The van der Waals surface area contributed by atoms with Crippen LogP contribution in [0, 0.1) is 0 Å². The molecule has 3 heterocycles. The highest BCUT2D eigenvalue weighted by Crippen LogP contribution is 2.22. The zero-order valence-electron chi connectivity index (χ0n) is 11.8. The molecule has 0 bridgehead atoms. The summed E-state index contributed by atoms with van der Waals surface area (Å²) in [5.41, 5.74) is 3.60. The van der Waals surface area contributed by atoms with E-state index in [4.69, 9.17) is 4.74 Å². The molecule has 1 N–H and O–H groups in total. The molecule has 0 aliphatic carbocycles. The van der Waals surface area contributed by atoms with Gasteiger partial charge in [-0.3, -0.25) is 4.68 Å². The number of aromatic nitrogens is 5. The van der Waals surface area contributed by atoms with Crippen LogP contribution in [0.4, 0.5) is 0 Å². The van der Waals surface area contributed by atoms with Gasteiger partial charge in [0.25, 0.3) is 0 Å². The number of nitrogens with one attached hydrogen (secondary N) is 1. The first kappa shape index (κ1) is 12.7. The van der Waals surface area contributed by atoms with Crippen LogP contribution in [0.25, 0.3) is 22.7 Å². The Morgan fingerprint density at radius 2 is 2.10 bits per heavy atom. The van der Waals surface area contributed by atoms with Gasteiger partial charge in [-0.2, -0.15) is 10.1 Å². The number of hydrogen-bond donors (Lipinski definition) is 1. The zero-order chi connectivity index (χ0) is 14.1. The molecule has 0 fully saturated rings. The third-order valence-corrected chi connectivity index (χ3v) is 3.26. The smallest absolute Gasteiger partial charge is 0.215 e. The first-order valence-electron chi connectivity index (χ1n) is 6.73. The third-order valence-electron chi connectivity index (χ3n) is 3.26. The van der Waals surface area contributed by atoms with E-state index in [1.165, 1.54) is 0 Å². The van der Waals surface area contributed by atoms with Gasteiger partial charge >= 0.3 is 0 Å². The molecule has 0 unspecified atom stereocenters. The molecule has 6 heteroatoms. The summed E-state index contributed by atoms with van der Waals surface area (Å²) in [4.78, 5) is 12.2. The average Bonchev–Trinajstić information content (AvgIpc) is 3.09. The molecule has 0 radical (unpaired) electrons. The fraction of sp³-hybridized carbons (Fsp3) is 0.357. The molecule has 20 heavy (non-hydrogen) atoms. The SMILES string of the molecule is CCc1cc(-c2nc3nc(OC)ccc3[nH]2)n(CC)n1. The van der Waals surface area contributed by atoms with Crippen LogP contribution in [0.3, 0.4) is 0 Å². The lowest BCUT2D eigenvalue weighted by atomic mass is 10.3. The van der Waals surface area contributed by atoms with Gasteiger partial charge in [-0.1, -0.05) is 6.92 Å². The largest absolute Gasteiger partial charge is 0.481 e. The molecule has 0 atom stereocenters. The van der Waals surface area contributed by atoms with Gasteiger partial charge in [-0.15, -0.1) is 0 Å². The summed E-state index contributed by atoms with van der Waals surface area (Å²) >= 11 is 0. The molecule has 6 nitrogen and oxygen atoms in total. The maximum absolute atomic E-state index is 5.12. The second-order valence-corrected chi connectivity index (χ2v) is 4.50. The average molecular weight is 271 g/mol. The van der Waals surface area contributed by atoms with Gasteiger partial charge in [0.15, 0.2) is 11.5 Å². The molecular formula is C14H17N5O. The molecule has 0 aromatic carbocycles. The fourth-order valence-electron chi connectivity index (χ4n) is 2.18. The van der Waals surface area contributed by atoms with Crippen molar-refractivity contribution in [2.45, 2.75) is 26.8 Å². The minimum atomic E-state index is 0.564. The molecule has 104 valence electrons. The Balaban J connectivity index is 2.11. The number of methoxy groups -OCH3 is 1. The number of rotatable bonds is 4. The van der Waals surface area contributed by atoms with Gasteiger partial charge in [-0.25, -0.2) is 4.98 Å². The number of imidazole rings is 1. The molecule has 3 aromatic heterocycles. The van der Waals surface area contributed by atoms with Crippen molar-refractivity contribution in [2.75, 3.05) is 7.11 Å². The second kappa shape index (κ2) is 4.96. The van der Waals surface area contributed by atoms with Crippen molar-refractivity contribution >= 4 is 11.2 Å². The summed E-state index contributed by atoms with van der Waals surface area (Å²) in [7, 11) is 1.60. The van der Waals surface area contributed by atoms with Crippen LogP contribution in [-0.4, -0.2) is 31.8 Å². The number of ether oxygens (including phenoxy) is 1. The summed E-state index contributed by atoms with van der Waals surface area (Å²) in [6, 6.07) is 5.81. The number of aryl methyl sites for hydroxylation is 2. The Kier molecular flexibility index (Phi) is 3.14. The Morgan fingerprint density at radius 3 is 2.80 bits per heavy atom. The highest BCUT2D eigenvalue weighted by atomic mass is 16.5. The summed E-state index contributed by atoms with van der Waals surface area (Å²) < 4.78 is 7.07. The lowest BCUT2D eigenvalue weighted by molar-refractivity contribution is 0.399. The zero-order valence-corrected chi connectivity index (χ0v) is 11.8.